The van der Waals surface area contributed by atoms with Crippen molar-refractivity contribution in [3.05, 3.63) is 60.1 Å². The number of fused-ring (bicyclic) bond motifs is 2. The summed E-state index contributed by atoms with van der Waals surface area (Å²) in [6.45, 7) is 3.78. The lowest BCUT2D eigenvalue weighted by Crippen LogP contribution is -1.92. The minimum absolute atomic E-state index is 0.524. The van der Waals surface area contributed by atoms with Crippen molar-refractivity contribution in [2.45, 2.75) is 13.8 Å². The Morgan fingerprint density at radius 1 is 1.00 bits per heavy atom. The third-order valence-corrected chi connectivity index (χ3v) is 4.11. The second kappa shape index (κ2) is 6.07. The molecule has 0 saturated carbocycles. The molecular formula is C20H18N4O2. The van der Waals surface area contributed by atoms with Gasteiger partial charge < -0.3 is 20.3 Å². The van der Waals surface area contributed by atoms with E-state index in [1.54, 1.807) is 0 Å². The molecule has 2 heterocycles. The summed E-state index contributed by atoms with van der Waals surface area (Å²) in [5.41, 5.74) is 17.3. The zero-order valence-corrected chi connectivity index (χ0v) is 14.5. The maximum absolute atomic E-state index is 5.88. The molecule has 0 aliphatic carbocycles. The molecular weight excluding hydrogens is 328 g/mol. The summed E-state index contributed by atoms with van der Waals surface area (Å²) in [5.74, 6) is 1.06. The SMILES string of the molecule is C/C=C(N)\C=C(/C)c1nc2cc3oc(-c4ccc(N)cc4)nc3cc2o1. The standard InChI is InChI=1S/C20H18N4O2/c1-3-13(21)8-11(2)19-23-15-9-18-16(10-17(15)25-19)24-20(26-18)12-4-6-14(22)7-5-12/h3-10H,21-22H2,1-2H3/b11-8+,13-3+. The predicted octanol–water partition coefficient (Wildman–Crippen LogP) is 4.48. The Kier molecular flexibility index (Phi) is 3.73. The van der Waals surface area contributed by atoms with Crippen LogP contribution in [0.4, 0.5) is 5.69 Å². The summed E-state index contributed by atoms with van der Waals surface area (Å²) in [5, 5.41) is 0. The van der Waals surface area contributed by atoms with Gasteiger partial charge in [-0.25, -0.2) is 9.97 Å². The number of hydrogen-bond acceptors (Lipinski definition) is 6. The van der Waals surface area contributed by atoms with E-state index in [1.165, 1.54) is 0 Å². The van der Waals surface area contributed by atoms with Gasteiger partial charge in [0.2, 0.25) is 11.8 Å². The number of aromatic nitrogens is 2. The Morgan fingerprint density at radius 3 is 2.35 bits per heavy atom. The average Bonchev–Trinajstić information content (AvgIpc) is 3.23. The second-order valence-electron chi connectivity index (χ2n) is 6.06. The van der Waals surface area contributed by atoms with Crippen molar-refractivity contribution in [3.8, 4) is 11.5 Å². The van der Waals surface area contributed by atoms with E-state index in [0.29, 0.717) is 45.4 Å². The molecule has 26 heavy (non-hydrogen) atoms. The summed E-state index contributed by atoms with van der Waals surface area (Å²) in [6.07, 6.45) is 3.65. The third kappa shape index (κ3) is 2.82. The lowest BCUT2D eigenvalue weighted by molar-refractivity contribution is 0.584. The van der Waals surface area contributed by atoms with E-state index in [4.69, 9.17) is 20.3 Å². The highest BCUT2D eigenvalue weighted by atomic mass is 16.4. The largest absolute Gasteiger partial charge is 0.436 e. The molecule has 4 N–H and O–H groups in total. The van der Waals surface area contributed by atoms with Crippen LogP contribution in [0.5, 0.6) is 0 Å². The molecule has 2 aromatic carbocycles. The molecule has 4 rings (SSSR count). The van der Waals surface area contributed by atoms with Crippen LogP contribution >= 0.6 is 0 Å². The first-order valence-corrected chi connectivity index (χ1v) is 8.21. The van der Waals surface area contributed by atoms with Crippen LogP contribution in [0.25, 0.3) is 39.2 Å². The van der Waals surface area contributed by atoms with E-state index >= 15 is 0 Å². The van der Waals surface area contributed by atoms with Crippen LogP contribution in [0.1, 0.15) is 19.7 Å². The number of anilines is 1. The lowest BCUT2D eigenvalue weighted by atomic mass is 10.2. The summed E-state index contributed by atoms with van der Waals surface area (Å²) >= 11 is 0. The monoisotopic (exact) mass is 346 g/mol. The number of rotatable bonds is 3. The van der Waals surface area contributed by atoms with Crippen molar-refractivity contribution in [3.63, 3.8) is 0 Å². The number of nitrogen functional groups attached to an aromatic ring is 1. The van der Waals surface area contributed by atoms with E-state index in [1.807, 2.05) is 62.4 Å². The predicted molar refractivity (Wildman–Crippen MR) is 103 cm³/mol. The quantitative estimate of drug-likeness (QED) is 0.418. The van der Waals surface area contributed by atoms with Crippen LogP contribution in [0, 0.1) is 0 Å². The first-order chi connectivity index (χ1) is 12.5. The van der Waals surface area contributed by atoms with Crippen LogP contribution in [-0.2, 0) is 0 Å². The van der Waals surface area contributed by atoms with Gasteiger partial charge in [-0.1, -0.05) is 6.08 Å². The fraction of sp³-hybridized carbons (Fsp3) is 0.100. The van der Waals surface area contributed by atoms with Gasteiger partial charge in [0.05, 0.1) is 0 Å². The molecule has 0 aliphatic rings. The Balaban J connectivity index is 1.77. The number of benzene rings is 2. The van der Waals surface area contributed by atoms with Crippen molar-refractivity contribution in [2.75, 3.05) is 5.73 Å². The van der Waals surface area contributed by atoms with Crippen LogP contribution < -0.4 is 11.5 Å². The topological polar surface area (TPSA) is 104 Å². The van der Waals surface area contributed by atoms with E-state index in [2.05, 4.69) is 9.97 Å². The van der Waals surface area contributed by atoms with Gasteiger partial charge in [0.1, 0.15) is 11.0 Å². The molecule has 2 aromatic heterocycles. The Hall–Kier alpha value is -3.54. The second-order valence-corrected chi connectivity index (χ2v) is 6.06. The molecule has 0 spiro atoms. The van der Waals surface area contributed by atoms with Gasteiger partial charge in [0.25, 0.3) is 0 Å². The minimum Gasteiger partial charge on any atom is -0.436 e. The average molecular weight is 346 g/mol. The summed E-state index contributed by atoms with van der Waals surface area (Å²) in [4.78, 5) is 9.06. The minimum atomic E-state index is 0.524. The molecule has 130 valence electrons. The van der Waals surface area contributed by atoms with Gasteiger partial charge in [-0.15, -0.1) is 0 Å². The Morgan fingerprint density at radius 2 is 1.65 bits per heavy atom. The van der Waals surface area contributed by atoms with Crippen LogP contribution in [0.2, 0.25) is 0 Å². The van der Waals surface area contributed by atoms with E-state index in [-0.39, 0.29) is 0 Å². The first kappa shape index (κ1) is 16.0. The van der Waals surface area contributed by atoms with Crippen molar-refractivity contribution >= 4 is 33.5 Å². The molecule has 4 aromatic rings. The molecule has 0 amide bonds. The molecule has 0 bridgehead atoms. The maximum atomic E-state index is 5.88. The van der Waals surface area contributed by atoms with Crippen LogP contribution in [-0.4, -0.2) is 9.97 Å². The number of allylic oxidation sites excluding steroid dienone is 3. The summed E-state index contributed by atoms with van der Waals surface area (Å²) < 4.78 is 11.7. The number of hydrogen-bond donors (Lipinski definition) is 2. The van der Waals surface area contributed by atoms with Crippen molar-refractivity contribution in [2.24, 2.45) is 5.73 Å². The Bertz CT molecular complexity index is 1110. The van der Waals surface area contributed by atoms with Gasteiger partial charge in [-0.3, -0.25) is 0 Å². The molecule has 0 unspecified atom stereocenters. The van der Waals surface area contributed by atoms with Crippen molar-refractivity contribution < 1.29 is 8.83 Å². The van der Waals surface area contributed by atoms with Gasteiger partial charge in [-0.2, -0.15) is 0 Å². The maximum Gasteiger partial charge on any atom is 0.227 e. The van der Waals surface area contributed by atoms with Gasteiger partial charge in [0.15, 0.2) is 11.2 Å². The fourth-order valence-electron chi connectivity index (χ4n) is 2.66. The fourth-order valence-corrected chi connectivity index (χ4v) is 2.66. The molecule has 0 fully saturated rings. The van der Waals surface area contributed by atoms with Crippen molar-refractivity contribution in [1.29, 1.82) is 0 Å². The lowest BCUT2D eigenvalue weighted by Gasteiger charge is -1.95. The third-order valence-electron chi connectivity index (χ3n) is 4.11. The number of nitrogens with zero attached hydrogens (tertiary/aromatic N) is 2. The molecule has 0 atom stereocenters. The van der Waals surface area contributed by atoms with E-state index in [0.717, 1.165) is 11.1 Å². The zero-order valence-electron chi connectivity index (χ0n) is 14.5. The highest BCUT2D eigenvalue weighted by molar-refractivity contribution is 5.91. The Labute approximate surface area is 149 Å². The number of nitrogens with two attached hydrogens (primary N) is 2. The molecule has 6 heteroatoms. The summed E-state index contributed by atoms with van der Waals surface area (Å²) in [6, 6.07) is 11.0. The van der Waals surface area contributed by atoms with Crippen LogP contribution in [0.15, 0.2) is 63.1 Å². The smallest absolute Gasteiger partial charge is 0.227 e. The summed E-state index contributed by atoms with van der Waals surface area (Å²) in [7, 11) is 0. The van der Waals surface area contributed by atoms with Crippen molar-refractivity contribution in [1.82, 2.24) is 9.97 Å². The molecule has 0 radical (unpaired) electrons. The molecule has 0 saturated heterocycles. The molecule has 6 nitrogen and oxygen atoms in total. The van der Waals surface area contributed by atoms with Gasteiger partial charge >= 0.3 is 0 Å². The highest BCUT2D eigenvalue weighted by Gasteiger charge is 2.14. The van der Waals surface area contributed by atoms with E-state index < -0.39 is 0 Å². The van der Waals surface area contributed by atoms with Gasteiger partial charge in [0, 0.05) is 34.7 Å². The van der Waals surface area contributed by atoms with Crippen LogP contribution in [0.3, 0.4) is 0 Å². The normalized spacial score (nSPS) is 13.0. The highest BCUT2D eigenvalue weighted by Crippen LogP contribution is 2.29. The van der Waals surface area contributed by atoms with Gasteiger partial charge in [-0.05, 0) is 44.2 Å². The zero-order chi connectivity index (χ0) is 18.3. The van der Waals surface area contributed by atoms with E-state index in [9.17, 15) is 0 Å². The number of oxazole rings is 2. The first-order valence-electron chi connectivity index (χ1n) is 8.21. The molecule has 0 aliphatic heterocycles.